The van der Waals surface area contributed by atoms with E-state index >= 15 is 0 Å². The van der Waals surface area contributed by atoms with Crippen molar-refractivity contribution in [2.24, 2.45) is 5.73 Å². The molecule has 0 saturated heterocycles. The molecule has 0 aliphatic heterocycles. The SMILES string of the molecule is NCCc1ccc(O)c(O)c1CCc1ccc(O)c(O)c1. The highest BCUT2D eigenvalue weighted by Crippen LogP contribution is 2.33. The Morgan fingerprint density at radius 2 is 1.48 bits per heavy atom. The van der Waals surface area contributed by atoms with E-state index in [0.29, 0.717) is 31.4 Å². The van der Waals surface area contributed by atoms with Gasteiger partial charge in [0.15, 0.2) is 23.0 Å². The van der Waals surface area contributed by atoms with Crippen LogP contribution in [0, 0.1) is 0 Å². The zero-order chi connectivity index (χ0) is 15.4. The maximum absolute atomic E-state index is 10.0. The highest BCUT2D eigenvalue weighted by Gasteiger charge is 2.12. The van der Waals surface area contributed by atoms with Gasteiger partial charge in [-0.3, -0.25) is 0 Å². The van der Waals surface area contributed by atoms with Gasteiger partial charge in [-0.2, -0.15) is 0 Å². The van der Waals surface area contributed by atoms with Crippen molar-refractivity contribution in [3.8, 4) is 23.0 Å². The van der Waals surface area contributed by atoms with Crippen molar-refractivity contribution < 1.29 is 20.4 Å². The first-order valence-electron chi connectivity index (χ1n) is 6.76. The molecule has 112 valence electrons. The lowest BCUT2D eigenvalue weighted by molar-refractivity contribution is 0.398. The van der Waals surface area contributed by atoms with Gasteiger partial charge in [0.2, 0.25) is 0 Å². The van der Waals surface area contributed by atoms with E-state index in [4.69, 9.17) is 5.73 Å². The van der Waals surface area contributed by atoms with Crippen LogP contribution in [0.1, 0.15) is 16.7 Å². The number of phenolic OH excluding ortho intramolecular Hbond substituents is 4. The minimum absolute atomic E-state index is 0.121. The monoisotopic (exact) mass is 289 g/mol. The summed E-state index contributed by atoms with van der Waals surface area (Å²) in [5, 5.41) is 38.4. The fourth-order valence-corrected chi connectivity index (χ4v) is 2.33. The van der Waals surface area contributed by atoms with Crippen LogP contribution in [0.2, 0.25) is 0 Å². The molecule has 0 unspecified atom stereocenters. The molecule has 0 bridgehead atoms. The summed E-state index contributed by atoms with van der Waals surface area (Å²) >= 11 is 0. The van der Waals surface area contributed by atoms with Crippen molar-refractivity contribution in [2.45, 2.75) is 19.3 Å². The maximum Gasteiger partial charge on any atom is 0.160 e. The van der Waals surface area contributed by atoms with Gasteiger partial charge in [0.05, 0.1) is 0 Å². The summed E-state index contributed by atoms with van der Waals surface area (Å²) in [5.74, 6) is -0.610. The average Bonchev–Trinajstić information content (AvgIpc) is 2.46. The molecular formula is C16H19NO4. The van der Waals surface area contributed by atoms with Crippen molar-refractivity contribution >= 4 is 0 Å². The minimum Gasteiger partial charge on any atom is -0.504 e. The summed E-state index contributed by atoms with van der Waals surface area (Å²) in [5.41, 5.74) is 7.94. The topological polar surface area (TPSA) is 107 Å². The molecule has 0 aromatic heterocycles. The first kappa shape index (κ1) is 15.0. The summed E-state index contributed by atoms with van der Waals surface area (Å²) in [4.78, 5) is 0. The number of aryl methyl sites for hydroxylation is 1. The van der Waals surface area contributed by atoms with Gasteiger partial charge in [-0.25, -0.2) is 0 Å². The van der Waals surface area contributed by atoms with Gasteiger partial charge in [0.1, 0.15) is 0 Å². The van der Waals surface area contributed by atoms with Crippen molar-refractivity contribution in [1.82, 2.24) is 0 Å². The number of benzene rings is 2. The van der Waals surface area contributed by atoms with Gasteiger partial charge in [-0.15, -0.1) is 0 Å². The highest BCUT2D eigenvalue weighted by molar-refractivity contribution is 5.50. The molecule has 0 fully saturated rings. The Morgan fingerprint density at radius 1 is 0.762 bits per heavy atom. The number of rotatable bonds is 5. The Morgan fingerprint density at radius 3 is 2.14 bits per heavy atom. The zero-order valence-electron chi connectivity index (χ0n) is 11.6. The molecule has 2 aromatic carbocycles. The molecule has 5 heteroatoms. The van der Waals surface area contributed by atoms with E-state index in [1.165, 1.54) is 18.2 Å². The van der Waals surface area contributed by atoms with Crippen LogP contribution in [0.3, 0.4) is 0 Å². The molecule has 0 spiro atoms. The molecule has 2 rings (SSSR count). The quantitative estimate of drug-likeness (QED) is 0.539. The predicted octanol–water partition coefficient (Wildman–Crippen LogP) is 1.80. The summed E-state index contributed by atoms with van der Waals surface area (Å²) in [7, 11) is 0. The Balaban J connectivity index is 2.22. The van der Waals surface area contributed by atoms with E-state index in [9.17, 15) is 20.4 Å². The van der Waals surface area contributed by atoms with Crippen LogP contribution >= 0.6 is 0 Å². The largest absolute Gasteiger partial charge is 0.504 e. The second kappa shape index (κ2) is 6.37. The molecule has 0 aliphatic carbocycles. The fourth-order valence-electron chi connectivity index (χ4n) is 2.33. The third-order valence-corrected chi connectivity index (χ3v) is 3.48. The molecule has 0 heterocycles. The van der Waals surface area contributed by atoms with Gasteiger partial charge in [-0.1, -0.05) is 12.1 Å². The molecule has 0 saturated carbocycles. The number of hydrogen-bond acceptors (Lipinski definition) is 5. The molecule has 0 atom stereocenters. The second-order valence-electron chi connectivity index (χ2n) is 4.93. The third kappa shape index (κ3) is 3.38. The third-order valence-electron chi connectivity index (χ3n) is 3.48. The molecule has 0 amide bonds. The van der Waals surface area contributed by atoms with Crippen molar-refractivity contribution in [2.75, 3.05) is 6.54 Å². The Labute approximate surface area is 122 Å². The summed E-state index contributed by atoms with van der Waals surface area (Å²) < 4.78 is 0. The van der Waals surface area contributed by atoms with E-state index in [1.54, 1.807) is 12.1 Å². The van der Waals surface area contributed by atoms with Crippen molar-refractivity contribution in [1.29, 1.82) is 0 Å². The molecule has 21 heavy (non-hydrogen) atoms. The second-order valence-corrected chi connectivity index (χ2v) is 4.93. The van der Waals surface area contributed by atoms with Crippen LogP contribution in [0.25, 0.3) is 0 Å². The molecule has 2 aromatic rings. The lowest BCUT2D eigenvalue weighted by Crippen LogP contribution is -2.06. The standard InChI is InChI=1S/C16H19NO4/c17-8-7-11-3-6-14(19)16(21)12(11)4-1-10-2-5-13(18)15(20)9-10/h2-3,5-6,9,18-21H,1,4,7-8,17H2. The normalized spacial score (nSPS) is 10.7. The number of hydrogen-bond donors (Lipinski definition) is 5. The van der Waals surface area contributed by atoms with Crippen LogP contribution in [-0.4, -0.2) is 27.0 Å². The minimum atomic E-state index is -0.171. The van der Waals surface area contributed by atoms with Gasteiger partial charge in [-0.05, 0) is 55.1 Å². The van der Waals surface area contributed by atoms with Crippen LogP contribution in [0.15, 0.2) is 30.3 Å². The summed E-state index contributed by atoms with van der Waals surface area (Å²) in [6.07, 6.45) is 1.67. The first-order valence-corrected chi connectivity index (χ1v) is 6.76. The van der Waals surface area contributed by atoms with Gasteiger partial charge >= 0.3 is 0 Å². The maximum atomic E-state index is 10.0. The molecule has 0 aliphatic rings. The zero-order valence-corrected chi connectivity index (χ0v) is 11.6. The molecule has 0 radical (unpaired) electrons. The smallest absolute Gasteiger partial charge is 0.160 e. The average molecular weight is 289 g/mol. The molecular weight excluding hydrogens is 270 g/mol. The Kier molecular flexibility index (Phi) is 4.55. The highest BCUT2D eigenvalue weighted by atomic mass is 16.3. The molecule has 6 N–H and O–H groups in total. The number of aromatic hydroxyl groups is 4. The number of phenols is 4. The van der Waals surface area contributed by atoms with Gasteiger partial charge in [0.25, 0.3) is 0 Å². The Hall–Kier alpha value is -2.40. The van der Waals surface area contributed by atoms with E-state index in [-0.39, 0.29) is 23.0 Å². The van der Waals surface area contributed by atoms with Crippen LogP contribution in [-0.2, 0) is 19.3 Å². The van der Waals surface area contributed by atoms with Crippen molar-refractivity contribution in [3.63, 3.8) is 0 Å². The fraction of sp³-hybridized carbons (Fsp3) is 0.250. The van der Waals surface area contributed by atoms with E-state index in [2.05, 4.69) is 0 Å². The van der Waals surface area contributed by atoms with E-state index in [0.717, 1.165) is 11.1 Å². The van der Waals surface area contributed by atoms with Crippen LogP contribution in [0.4, 0.5) is 0 Å². The van der Waals surface area contributed by atoms with Crippen LogP contribution < -0.4 is 5.73 Å². The van der Waals surface area contributed by atoms with E-state index in [1.807, 2.05) is 0 Å². The summed E-state index contributed by atoms with van der Waals surface area (Å²) in [6, 6.07) is 7.82. The van der Waals surface area contributed by atoms with E-state index < -0.39 is 0 Å². The lowest BCUT2D eigenvalue weighted by Gasteiger charge is -2.12. The summed E-state index contributed by atoms with van der Waals surface area (Å²) in [6.45, 7) is 0.456. The predicted molar refractivity (Wildman–Crippen MR) is 79.7 cm³/mol. The van der Waals surface area contributed by atoms with Crippen molar-refractivity contribution in [3.05, 3.63) is 47.0 Å². The van der Waals surface area contributed by atoms with Gasteiger partial charge in [0, 0.05) is 5.56 Å². The molecule has 5 nitrogen and oxygen atoms in total. The van der Waals surface area contributed by atoms with Gasteiger partial charge < -0.3 is 26.2 Å². The van der Waals surface area contributed by atoms with Crippen LogP contribution in [0.5, 0.6) is 23.0 Å². The first-order chi connectivity index (χ1) is 10.0. The Bertz CT molecular complexity index is 640. The lowest BCUT2D eigenvalue weighted by atomic mass is 9.96. The number of nitrogens with two attached hydrogens (primary N) is 1.